The molecule has 1 amide bonds. The maximum atomic E-state index is 11.7. The Hall–Kier alpha value is -2.47. The molecular weight excluding hydrogens is 314 g/mol. The van der Waals surface area contributed by atoms with Gasteiger partial charge >= 0.3 is 5.97 Å². The van der Waals surface area contributed by atoms with E-state index in [2.05, 4.69) is 5.32 Å². The van der Waals surface area contributed by atoms with E-state index in [9.17, 15) is 9.59 Å². The highest BCUT2D eigenvalue weighted by molar-refractivity contribution is 8.00. The molecule has 0 bridgehead atoms. The van der Waals surface area contributed by atoms with Gasteiger partial charge in [-0.15, -0.1) is 11.8 Å². The van der Waals surface area contributed by atoms with Crippen LogP contribution in [0.4, 0.5) is 5.69 Å². The number of nitrogens with one attached hydrogen (secondary N) is 1. The van der Waals surface area contributed by atoms with Crippen molar-refractivity contribution in [3.8, 4) is 5.75 Å². The third-order valence-electron chi connectivity index (χ3n) is 2.84. The van der Waals surface area contributed by atoms with Gasteiger partial charge in [0.15, 0.2) is 6.61 Å². The number of carbonyl (C=O) groups excluding carboxylic acids is 2. The van der Waals surface area contributed by atoms with Gasteiger partial charge in [-0.1, -0.05) is 18.2 Å². The van der Waals surface area contributed by atoms with Crippen LogP contribution in [0.15, 0.2) is 59.5 Å². The van der Waals surface area contributed by atoms with Gasteiger partial charge in [0.25, 0.3) is 5.91 Å². The second-order valence-corrected chi connectivity index (χ2v) is 5.59. The lowest BCUT2D eigenvalue weighted by Gasteiger charge is -2.06. The minimum Gasteiger partial charge on any atom is -0.497 e. The van der Waals surface area contributed by atoms with Crippen molar-refractivity contribution in [2.75, 3.05) is 24.8 Å². The van der Waals surface area contributed by atoms with Crippen LogP contribution in [-0.4, -0.2) is 31.3 Å². The molecule has 0 spiro atoms. The first-order valence-electron chi connectivity index (χ1n) is 6.95. The van der Waals surface area contributed by atoms with Crippen LogP contribution in [0.1, 0.15) is 0 Å². The van der Waals surface area contributed by atoms with Gasteiger partial charge in [-0.05, 0) is 36.4 Å². The number of rotatable bonds is 7. The normalized spacial score (nSPS) is 9.96. The van der Waals surface area contributed by atoms with E-state index < -0.39 is 5.97 Å². The molecule has 0 aliphatic carbocycles. The lowest BCUT2D eigenvalue weighted by atomic mass is 10.3. The van der Waals surface area contributed by atoms with E-state index in [-0.39, 0.29) is 18.3 Å². The SMILES string of the molecule is COc1ccc(SCC(=O)OCC(=O)Nc2ccccc2)cc1. The Bertz CT molecular complexity index is 643. The fourth-order valence-corrected chi connectivity index (χ4v) is 2.42. The molecule has 0 aliphatic rings. The van der Waals surface area contributed by atoms with Crippen molar-refractivity contribution in [1.82, 2.24) is 0 Å². The number of anilines is 1. The predicted molar refractivity (Wildman–Crippen MR) is 89.7 cm³/mol. The summed E-state index contributed by atoms with van der Waals surface area (Å²) in [5, 5.41) is 2.65. The zero-order valence-corrected chi connectivity index (χ0v) is 13.5. The fraction of sp³-hybridized carbons (Fsp3) is 0.176. The van der Waals surface area contributed by atoms with E-state index in [1.165, 1.54) is 11.8 Å². The predicted octanol–water partition coefficient (Wildman–Crippen LogP) is 2.97. The molecule has 0 aromatic heterocycles. The molecule has 6 heteroatoms. The van der Waals surface area contributed by atoms with E-state index in [0.29, 0.717) is 5.69 Å². The molecule has 0 aliphatic heterocycles. The summed E-state index contributed by atoms with van der Waals surface area (Å²) in [5.41, 5.74) is 0.668. The maximum absolute atomic E-state index is 11.7. The van der Waals surface area contributed by atoms with Crippen LogP contribution in [0, 0.1) is 0 Å². The van der Waals surface area contributed by atoms with Gasteiger partial charge in [0.1, 0.15) is 5.75 Å². The lowest BCUT2D eigenvalue weighted by Crippen LogP contribution is -2.21. The van der Waals surface area contributed by atoms with Gasteiger partial charge in [0.2, 0.25) is 0 Å². The van der Waals surface area contributed by atoms with Crippen LogP contribution in [0.2, 0.25) is 0 Å². The molecule has 120 valence electrons. The molecule has 0 fully saturated rings. The number of ether oxygens (including phenoxy) is 2. The third-order valence-corrected chi connectivity index (χ3v) is 3.82. The second kappa shape index (κ2) is 8.85. The van der Waals surface area contributed by atoms with Crippen molar-refractivity contribution in [3.63, 3.8) is 0 Å². The van der Waals surface area contributed by atoms with E-state index in [1.807, 2.05) is 42.5 Å². The molecule has 2 aromatic carbocycles. The molecule has 1 N–H and O–H groups in total. The zero-order chi connectivity index (χ0) is 16.5. The monoisotopic (exact) mass is 331 g/mol. The Morgan fingerprint density at radius 2 is 1.74 bits per heavy atom. The van der Waals surface area contributed by atoms with E-state index in [4.69, 9.17) is 9.47 Å². The van der Waals surface area contributed by atoms with Crippen molar-refractivity contribution >= 4 is 29.3 Å². The first kappa shape index (κ1) is 16.9. The van der Waals surface area contributed by atoms with Gasteiger partial charge in [0.05, 0.1) is 12.9 Å². The smallest absolute Gasteiger partial charge is 0.316 e. The summed E-state index contributed by atoms with van der Waals surface area (Å²) < 4.78 is 10.0. The number of esters is 1. The fourth-order valence-electron chi connectivity index (χ4n) is 1.72. The molecule has 0 saturated heterocycles. The minimum absolute atomic E-state index is 0.144. The standard InChI is InChI=1S/C17H17NO4S/c1-21-14-7-9-15(10-8-14)23-12-17(20)22-11-16(19)18-13-5-3-2-4-6-13/h2-10H,11-12H2,1H3,(H,18,19). The number of amides is 1. The number of carbonyl (C=O) groups is 2. The van der Waals surface area contributed by atoms with Crippen molar-refractivity contribution in [3.05, 3.63) is 54.6 Å². The molecule has 23 heavy (non-hydrogen) atoms. The van der Waals surface area contributed by atoms with Crippen molar-refractivity contribution in [2.24, 2.45) is 0 Å². The first-order chi connectivity index (χ1) is 11.2. The highest BCUT2D eigenvalue weighted by Gasteiger charge is 2.08. The number of hydrogen-bond acceptors (Lipinski definition) is 5. The molecule has 5 nitrogen and oxygen atoms in total. The average Bonchev–Trinajstić information content (AvgIpc) is 2.59. The maximum Gasteiger partial charge on any atom is 0.316 e. The van der Waals surface area contributed by atoms with Crippen LogP contribution in [0.5, 0.6) is 5.75 Å². The molecule has 0 saturated carbocycles. The molecule has 0 heterocycles. The number of thioether (sulfide) groups is 1. The van der Waals surface area contributed by atoms with Crippen LogP contribution in [0.25, 0.3) is 0 Å². The Morgan fingerprint density at radius 3 is 2.39 bits per heavy atom. The highest BCUT2D eigenvalue weighted by Crippen LogP contribution is 2.21. The summed E-state index contributed by atoms with van der Waals surface area (Å²) >= 11 is 1.34. The molecule has 0 radical (unpaired) electrons. The first-order valence-corrected chi connectivity index (χ1v) is 7.93. The van der Waals surface area contributed by atoms with Gasteiger partial charge in [-0.25, -0.2) is 0 Å². The topological polar surface area (TPSA) is 64.6 Å². The largest absolute Gasteiger partial charge is 0.497 e. The number of methoxy groups -OCH3 is 1. The summed E-state index contributed by atoms with van der Waals surface area (Å²) in [4.78, 5) is 24.2. The second-order valence-electron chi connectivity index (χ2n) is 4.54. The Balaban J connectivity index is 1.69. The molecule has 2 rings (SSSR count). The van der Waals surface area contributed by atoms with Crippen molar-refractivity contribution in [2.45, 2.75) is 4.90 Å². The highest BCUT2D eigenvalue weighted by atomic mass is 32.2. The minimum atomic E-state index is -0.436. The van der Waals surface area contributed by atoms with Crippen molar-refractivity contribution < 1.29 is 19.1 Å². The molecular formula is C17H17NO4S. The average molecular weight is 331 g/mol. The summed E-state index contributed by atoms with van der Waals surface area (Å²) in [5.74, 6) is 0.104. The van der Waals surface area contributed by atoms with E-state index in [0.717, 1.165) is 10.6 Å². The van der Waals surface area contributed by atoms with Crippen LogP contribution in [-0.2, 0) is 14.3 Å². The van der Waals surface area contributed by atoms with Gasteiger partial charge in [-0.2, -0.15) is 0 Å². The summed E-state index contributed by atoms with van der Waals surface area (Å²) in [7, 11) is 1.60. The molecule has 0 unspecified atom stereocenters. The third kappa shape index (κ3) is 6.04. The summed E-state index contributed by atoms with van der Waals surface area (Å²) in [6.07, 6.45) is 0. The summed E-state index contributed by atoms with van der Waals surface area (Å²) in [6, 6.07) is 16.4. The van der Waals surface area contributed by atoms with Gasteiger partial charge < -0.3 is 14.8 Å². The molecule has 0 atom stereocenters. The van der Waals surface area contributed by atoms with Gasteiger partial charge in [0, 0.05) is 10.6 Å². The number of para-hydroxylation sites is 1. The van der Waals surface area contributed by atoms with E-state index in [1.54, 1.807) is 19.2 Å². The zero-order valence-electron chi connectivity index (χ0n) is 12.7. The Labute approximate surface area is 139 Å². The van der Waals surface area contributed by atoms with Gasteiger partial charge in [-0.3, -0.25) is 9.59 Å². The quantitative estimate of drug-likeness (QED) is 0.624. The molecule has 2 aromatic rings. The lowest BCUT2D eigenvalue weighted by molar-refractivity contribution is -0.144. The summed E-state index contributed by atoms with van der Waals surface area (Å²) in [6.45, 7) is -0.295. The Kier molecular flexibility index (Phi) is 6.50. The van der Waals surface area contributed by atoms with Crippen LogP contribution >= 0.6 is 11.8 Å². The Morgan fingerprint density at radius 1 is 1.04 bits per heavy atom. The number of hydrogen-bond donors (Lipinski definition) is 1. The van der Waals surface area contributed by atoms with E-state index >= 15 is 0 Å². The van der Waals surface area contributed by atoms with Crippen LogP contribution in [0.3, 0.4) is 0 Å². The van der Waals surface area contributed by atoms with Crippen LogP contribution < -0.4 is 10.1 Å². The number of benzene rings is 2. The van der Waals surface area contributed by atoms with Crippen molar-refractivity contribution in [1.29, 1.82) is 0 Å².